The minimum absolute atomic E-state index is 0.428. The van der Waals surface area contributed by atoms with E-state index in [-0.39, 0.29) is 0 Å². The molecule has 1 heterocycles. The summed E-state index contributed by atoms with van der Waals surface area (Å²) in [5.74, 6) is 0.989. The predicted molar refractivity (Wildman–Crippen MR) is 39.6 cm³/mol. The lowest BCUT2D eigenvalue weighted by molar-refractivity contribution is 0.583. The summed E-state index contributed by atoms with van der Waals surface area (Å²) in [6.07, 6.45) is 1.57. The minimum Gasteiger partial charge on any atom is -0.385 e. The summed E-state index contributed by atoms with van der Waals surface area (Å²) in [7, 11) is 0. The number of nitrogens with zero attached hydrogens (tertiary/aromatic N) is 2. The molecule has 1 aliphatic rings. The fourth-order valence-corrected chi connectivity index (χ4v) is 0.623. The molecule has 5 heteroatoms. The maximum atomic E-state index is 5.42. The number of thiol groups is 1. The molecule has 0 amide bonds. The molecule has 1 aliphatic heterocycles. The van der Waals surface area contributed by atoms with Gasteiger partial charge in [-0.2, -0.15) is 0 Å². The Morgan fingerprint density at radius 3 is 2.78 bits per heavy atom. The Morgan fingerprint density at radius 1 is 1.67 bits per heavy atom. The van der Waals surface area contributed by atoms with Crippen LogP contribution in [0.3, 0.4) is 0 Å². The lowest BCUT2D eigenvalue weighted by atomic mass is 10.5. The standard InChI is InChI=1S/C4H8N4S/c5-3-1-4(6)8(9)2-7-3/h1,9H,2,6H2,(H2,5,7). The van der Waals surface area contributed by atoms with Gasteiger partial charge in [0.15, 0.2) is 0 Å². The highest BCUT2D eigenvalue weighted by Gasteiger charge is 2.04. The van der Waals surface area contributed by atoms with E-state index in [1.807, 2.05) is 0 Å². The van der Waals surface area contributed by atoms with Crippen LogP contribution in [0.2, 0.25) is 0 Å². The highest BCUT2D eigenvalue weighted by Crippen LogP contribution is 2.04. The van der Waals surface area contributed by atoms with Gasteiger partial charge in [0.2, 0.25) is 0 Å². The number of aliphatic imine (C=N–C) groups is 1. The van der Waals surface area contributed by atoms with Crippen molar-refractivity contribution in [2.75, 3.05) is 6.67 Å². The smallest absolute Gasteiger partial charge is 0.124 e. The van der Waals surface area contributed by atoms with Crippen molar-refractivity contribution in [3.63, 3.8) is 0 Å². The summed E-state index contributed by atoms with van der Waals surface area (Å²) in [6.45, 7) is 0.428. The number of nitrogens with two attached hydrogens (primary N) is 2. The maximum absolute atomic E-state index is 5.42. The molecule has 0 saturated heterocycles. The largest absolute Gasteiger partial charge is 0.385 e. The zero-order chi connectivity index (χ0) is 6.85. The normalized spacial score (nSPS) is 19.0. The van der Waals surface area contributed by atoms with Crippen molar-refractivity contribution in [1.82, 2.24) is 4.31 Å². The lowest BCUT2D eigenvalue weighted by Crippen LogP contribution is -2.27. The molecule has 0 aromatic carbocycles. The second-order valence-corrected chi connectivity index (χ2v) is 2.18. The van der Waals surface area contributed by atoms with Gasteiger partial charge >= 0.3 is 0 Å². The molecule has 9 heavy (non-hydrogen) atoms. The second kappa shape index (κ2) is 2.18. The van der Waals surface area contributed by atoms with Crippen LogP contribution < -0.4 is 11.5 Å². The van der Waals surface area contributed by atoms with Crippen LogP contribution in [0.4, 0.5) is 0 Å². The van der Waals surface area contributed by atoms with E-state index in [2.05, 4.69) is 17.8 Å². The fraction of sp³-hybridized carbons (Fsp3) is 0.250. The lowest BCUT2D eigenvalue weighted by Gasteiger charge is -2.18. The highest BCUT2D eigenvalue weighted by atomic mass is 32.1. The van der Waals surface area contributed by atoms with Gasteiger partial charge in [-0.15, -0.1) is 0 Å². The quantitative estimate of drug-likeness (QED) is 0.392. The van der Waals surface area contributed by atoms with Crippen molar-refractivity contribution >= 4 is 18.7 Å². The Kier molecular flexibility index (Phi) is 1.52. The molecule has 0 bridgehead atoms. The first kappa shape index (κ1) is 6.28. The predicted octanol–water partition coefficient (Wildman–Crippen LogP) is -0.738. The van der Waals surface area contributed by atoms with E-state index >= 15 is 0 Å². The zero-order valence-corrected chi connectivity index (χ0v) is 5.68. The third-order valence-corrected chi connectivity index (χ3v) is 1.34. The molecule has 4 N–H and O–H groups in total. The van der Waals surface area contributed by atoms with Gasteiger partial charge < -0.3 is 11.5 Å². The average molecular weight is 144 g/mol. The molecule has 0 atom stereocenters. The van der Waals surface area contributed by atoms with Crippen molar-refractivity contribution in [2.24, 2.45) is 16.5 Å². The summed E-state index contributed by atoms with van der Waals surface area (Å²) in [6, 6.07) is 0. The van der Waals surface area contributed by atoms with Gasteiger partial charge in [-0.1, -0.05) is 12.8 Å². The van der Waals surface area contributed by atoms with Gasteiger partial charge in [-0.05, 0) is 0 Å². The highest BCUT2D eigenvalue weighted by molar-refractivity contribution is 7.77. The van der Waals surface area contributed by atoms with Gasteiger partial charge in [-0.3, -0.25) is 4.31 Å². The molecular weight excluding hydrogens is 136 g/mol. The second-order valence-electron chi connectivity index (χ2n) is 1.69. The minimum atomic E-state index is 0.428. The van der Waals surface area contributed by atoms with E-state index in [1.54, 1.807) is 6.08 Å². The molecule has 0 aromatic heterocycles. The summed E-state index contributed by atoms with van der Waals surface area (Å²) in [5.41, 5.74) is 10.7. The number of amidine groups is 1. The average Bonchev–Trinajstić information content (AvgIpc) is 1.80. The Hall–Kier alpha value is -0.840. The number of hydrogen-bond donors (Lipinski definition) is 3. The molecule has 4 nitrogen and oxygen atoms in total. The van der Waals surface area contributed by atoms with E-state index in [4.69, 9.17) is 11.5 Å². The molecule has 0 radical (unpaired) electrons. The van der Waals surface area contributed by atoms with Crippen molar-refractivity contribution < 1.29 is 0 Å². The molecule has 0 unspecified atom stereocenters. The Balaban J connectivity index is 2.74. The van der Waals surface area contributed by atoms with E-state index in [0.717, 1.165) is 0 Å². The molecular formula is C4H8N4S. The Bertz CT molecular complexity index is 173. The molecule has 0 saturated carbocycles. The number of hydrogen-bond acceptors (Lipinski definition) is 5. The van der Waals surface area contributed by atoms with Crippen molar-refractivity contribution in [3.8, 4) is 0 Å². The van der Waals surface area contributed by atoms with Crippen LogP contribution >= 0.6 is 12.8 Å². The molecule has 1 rings (SSSR count). The van der Waals surface area contributed by atoms with Crippen molar-refractivity contribution in [2.45, 2.75) is 0 Å². The van der Waals surface area contributed by atoms with Gasteiger partial charge in [0, 0.05) is 6.08 Å². The van der Waals surface area contributed by atoms with Crippen LogP contribution in [0.15, 0.2) is 16.9 Å². The topological polar surface area (TPSA) is 67.6 Å². The Morgan fingerprint density at radius 2 is 2.33 bits per heavy atom. The Labute approximate surface area is 58.8 Å². The van der Waals surface area contributed by atoms with Crippen LogP contribution in [-0.2, 0) is 0 Å². The number of rotatable bonds is 0. The van der Waals surface area contributed by atoms with E-state index < -0.39 is 0 Å². The van der Waals surface area contributed by atoms with E-state index in [9.17, 15) is 0 Å². The van der Waals surface area contributed by atoms with Crippen LogP contribution in [0, 0.1) is 0 Å². The maximum Gasteiger partial charge on any atom is 0.124 e. The molecule has 50 valence electrons. The fourth-order valence-electron chi connectivity index (χ4n) is 0.502. The summed E-state index contributed by atoms with van der Waals surface area (Å²) < 4.78 is 1.51. The molecule has 0 aliphatic carbocycles. The third kappa shape index (κ3) is 1.29. The van der Waals surface area contributed by atoms with Gasteiger partial charge in [0.1, 0.15) is 18.3 Å². The van der Waals surface area contributed by atoms with Crippen LogP contribution in [-0.4, -0.2) is 16.8 Å². The van der Waals surface area contributed by atoms with Gasteiger partial charge in [0.05, 0.1) is 0 Å². The van der Waals surface area contributed by atoms with Gasteiger partial charge in [0.25, 0.3) is 0 Å². The first-order valence-electron chi connectivity index (χ1n) is 2.43. The molecule has 0 fully saturated rings. The molecule has 0 spiro atoms. The molecule has 0 aromatic rings. The zero-order valence-electron chi connectivity index (χ0n) is 4.78. The summed E-state index contributed by atoms with van der Waals surface area (Å²) in [4.78, 5) is 3.85. The van der Waals surface area contributed by atoms with Crippen LogP contribution in [0.1, 0.15) is 0 Å². The van der Waals surface area contributed by atoms with Crippen LogP contribution in [0.25, 0.3) is 0 Å². The summed E-state index contributed by atoms with van der Waals surface area (Å²) >= 11 is 3.97. The van der Waals surface area contributed by atoms with Gasteiger partial charge in [-0.25, -0.2) is 4.99 Å². The third-order valence-electron chi connectivity index (χ3n) is 0.981. The first-order valence-corrected chi connectivity index (χ1v) is 2.83. The van der Waals surface area contributed by atoms with Crippen molar-refractivity contribution in [3.05, 3.63) is 11.9 Å². The first-order chi connectivity index (χ1) is 4.20. The SMILES string of the molecule is NC1=CC(N)=NCN1S. The van der Waals surface area contributed by atoms with Crippen molar-refractivity contribution in [1.29, 1.82) is 0 Å². The van der Waals surface area contributed by atoms with E-state index in [0.29, 0.717) is 18.3 Å². The summed E-state index contributed by atoms with van der Waals surface area (Å²) in [5, 5.41) is 0. The van der Waals surface area contributed by atoms with E-state index in [1.165, 1.54) is 4.31 Å². The monoisotopic (exact) mass is 144 g/mol. The van der Waals surface area contributed by atoms with Crippen LogP contribution in [0.5, 0.6) is 0 Å².